The Hall–Kier alpha value is -3.45. The lowest BCUT2D eigenvalue weighted by molar-refractivity contribution is -0.115. The van der Waals surface area contributed by atoms with Gasteiger partial charge in [-0.05, 0) is 42.5 Å². The van der Waals surface area contributed by atoms with E-state index in [1.54, 1.807) is 6.07 Å². The van der Waals surface area contributed by atoms with Gasteiger partial charge in [0.2, 0.25) is 5.91 Å². The van der Waals surface area contributed by atoms with Crippen molar-refractivity contribution in [3.8, 4) is 0 Å². The highest BCUT2D eigenvalue weighted by Gasteiger charge is 2.18. The first-order valence-corrected chi connectivity index (χ1v) is 11.6. The van der Waals surface area contributed by atoms with Crippen LogP contribution in [0.4, 0.5) is 11.5 Å². The number of benzene rings is 2. The Bertz CT molecular complexity index is 1250. The quantitative estimate of drug-likeness (QED) is 0.351. The van der Waals surface area contributed by atoms with Gasteiger partial charge in [-0.25, -0.2) is 0 Å². The van der Waals surface area contributed by atoms with Crippen molar-refractivity contribution in [2.24, 2.45) is 0 Å². The molecule has 7 heteroatoms. The number of amides is 2. The van der Waals surface area contributed by atoms with E-state index >= 15 is 0 Å². The van der Waals surface area contributed by atoms with Gasteiger partial charge in [-0.1, -0.05) is 61.9 Å². The number of nitrogens with zero attached hydrogens (tertiary/aromatic N) is 1. The molecule has 0 aliphatic heterocycles. The fourth-order valence-electron chi connectivity index (χ4n) is 3.67. The average molecular weight is 447 g/mol. The van der Waals surface area contributed by atoms with Crippen LogP contribution in [0.25, 0.3) is 10.2 Å². The minimum atomic E-state index is -0.160. The summed E-state index contributed by atoms with van der Waals surface area (Å²) in [6.07, 6.45) is 1.95. The number of hydrogen-bond acceptors (Lipinski definition) is 4. The number of nitrogens with one attached hydrogen (secondary N) is 3. The van der Waals surface area contributed by atoms with Gasteiger partial charge in [0, 0.05) is 5.69 Å². The fourth-order valence-corrected chi connectivity index (χ4v) is 4.57. The van der Waals surface area contributed by atoms with Gasteiger partial charge >= 0.3 is 0 Å². The number of anilines is 2. The van der Waals surface area contributed by atoms with E-state index in [0.29, 0.717) is 10.7 Å². The molecule has 32 heavy (non-hydrogen) atoms. The number of H-pyrrole nitrogens is 1. The van der Waals surface area contributed by atoms with Gasteiger partial charge in [0.05, 0.1) is 16.7 Å². The van der Waals surface area contributed by atoms with Crippen molar-refractivity contribution in [3.05, 3.63) is 75.7 Å². The maximum Gasteiger partial charge on any atom is 0.265 e. The third-order valence-electron chi connectivity index (χ3n) is 5.46. The molecule has 4 aromatic rings. The molecule has 0 saturated heterocycles. The maximum absolute atomic E-state index is 13.0. The standard InChI is InChI=1S/C25H26N4O2S/c1-4-17-7-6-8-18(5-2)22(17)27-24(31)20-14-19-23(28-29-25(19)32-20)26-21(30)13-16-11-9-15(3)10-12-16/h6-12,14H,4-5,13H2,1-3H3,(H,27,31)(H2,26,28,29,30). The number of thiophene rings is 1. The Morgan fingerprint density at radius 1 is 1.00 bits per heavy atom. The van der Waals surface area contributed by atoms with Crippen molar-refractivity contribution in [3.63, 3.8) is 0 Å². The van der Waals surface area contributed by atoms with E-state index in [1.807, 2.05) is 49.4 Å². The molecular weight excluding hydrogens is 420 g/mol. The molecule has 2 aromatic heterocycles. The van der Waals surface area contributed by atoms with Crippen LogP contribution in [-0.4, -0.2) is 22.0 Å². The van der Waals surface area contributed by atoms with Crippen LogP contribution in [0.15, 0.2) is 48.5 Å². The molecule has 0 spiro atoms. The van der Waals surface area contributed by atoms with E-state index in [-0.39, 0.29) is 18.2 Å². The molecule has 0 bridgehead atoms. The zero-order valence-corrected chi connectivity index (χ0v) is 19.2. The van der Waals surface area contributed by atoms with Gasteiger partial charge in [-0.3, -0.25) is 14.7 Å². The van der Waals surface area contributed by atoms with Crippen molar-refractivity contribution in [1.29, 1.82) is 0 Å². The zero-order valence-electron chi connectivity index (χ0n) is 18.4. The van der Waals surface area contributed by atoms with Gasteiger partial charge in [0.15, 0.2) is 5.82 Å². The number of carbonyl (C=O) groups excluding carboxylic acids is 2. The molecule has 2 aromatic carbocycles. The van der Waals surface area contributed by atoms with Crippen molar-refractivity contribution >= 4 is 44.9 Å². The number of aryl methyl sites for hydroxylation is 3. The second-order valence-corrected chi connectivity index (χ2v) is 8.80. The largest absolute Gasteiger partial charge is 0.321 e. The highest BCUT2D eigenvalue weighted by atomic mass is 32.1. The third-order valence-corrected chi connectivity index (χ3v) is 6.50. The summed E-state index contributed by atoms with van der Waals surface area (Å²) in [5.41, 5.74) is 5.21. The van der Waals surface area contributed by atoms with Crippen molar-refractivity contribution < 1.29 is 9.59 Å². The molecule has 6 nitrogen and oxygen atoms in total. The average Bonchev–Trinajstić information content (AvgIpc) is 3.37. The van der Waals surface area contributed by atoms with Crippen LogP contribution in [0.5, 0.6) is 0 Å². The summed E-state index contributed by atoms with van der Waals surface area (Å²) in [6.45, 7) is 6.17. The molecule has 2 amide bonds. The fraction of sp³-hybridized carbons (Fsp3) is 0.240. The molecule has 0 aliphatic rings. The number of aromatic amines is 1. The summed E-state index contributed by atoms with van der Waals surface area (Å²) in [4.78, 5) is 26.8. The number of fused-ring (bicyclic) bond motifs is 1. The van der Waals surface area contributed by atoms with E-state index in [9.17, 15) is 9.59 Å². The van der Waals surface area contributed by atoms with Gasteiger partial charge < -0.3 is 10.6 Å². The smallest absolute Gasteiger partial charge is 0.265 e. The number of carbonyl (C=O) groups is 2. The predicted octanol–water partition coefficient (Wildman–Crippen LogP) is 5.49. The van der Waals surface area contributed by atoms with Crippen molar-refractivity contribution in [2.45, 2.75) is 40.0 Å². The lowest BCUT2D eigenvalue weighted by atomic mass is 10.0. The Balaban J connectivity index is 1.51. The highest BCUT2D eigenvalue weighted by Crippen LogP contribution is 2.31. The predicted molar refractivity (Wildman–Crippen MR) is 131 cm³/mol. The monoisotopic (exact) mass is 446 g/mol. The molecule has 0 aliphatic carbocycles. The molecule has 0 fully saturated rings. The molecule has 3 N–H and O–H groups in total. The summed E-state index contributed by atoms with van der Waals surface area (Å²) < 4.78 is 0. The SMILES string of the molecule is CCc1cccc(CC)c1NC(=O)c1cc2c(NC(=O)Cc3ccc(C)cc3)n[nH]c2s1. The minimum Gasteiger partial charge on any atom is -0.321 e. The van der Waals surface area contributed by atoms with Gasteiger partial charge in [-0.15, -0.1) is 11.3 Å². The normalized spacial score (nSPS) is 11.0. The van der Waals surface area contributed by atoms with Crippen LogP contribution in [0.3, 0.4) is 0 Å². The van der Waals surface area contributed by atoms with Gasteiger partial charge in [-0.2, -0.15) is 5.10 Å². The van der Waals surface area contributed by atoms with E-state index in [1.165, 1.54) is 11.3 Å². The highest BCUT2D eigenvalue weighted by molar-refractivity contribution is 7.20. The summed E-state index contributed by atoms with van der Waals surface area (Å²) in [5.74, 6) is 0.131. The molecule has 0 atom stereocenters. The van der Waals surface area contributed by atoms with Crippen LogP contribution in [0, 0.1) is 6.92 Å². The van der Waals surface area contributed by atoms with Crippen LogP contribution < -0.4 is 10.6 Å². The molecule has 164 valence electrons. The summed E-state index contributed by atoms with van der Waals surface area (Å²) in [7, 11) is 0. The van der Waals surface area contributed by atoms with E-state index in [0.717, 1.165) is 51.0 Å². The number of para-hydroxylation sites is 1. The lowest BCUT2D eigenvalue weighted by Gasteiger charge is -2.13. The van der Waals surface area contributed by atoms with E-state index in [4.69, 9.17) is 0 Å². The van der Waals surface area contributed by atoms with Crippen LogP contribution in [0.2, 0.25) is 0 Å². The summed E-state index contributed by atoms with van der Waals surface area (Å²) in [6, 6.07) is 15.7. The van der Waals surface area contributed by atoms with Crippen molar-refractivity contribution in [1.82, 2.24) is 10.2 Å². The van der Waals surface area contributed by atoms with Gasteiger partial charge in [0.25, 0.3) is 5.91 Å². The van der Waals surface area contributed by atoms with Crippen molar-refractivity contribution in [2.75, 3.05) is 10.6 Å². The number of rotatable bonds is 7. The summed E-state index contributed by atoms with van der Waals surface area (Å²) in [5, 5.41) is 13.8. The first-order chi connectivity index (χ1) is 15.5. The molecule has 0 radical (unpaired) electrons. The number of aromatic nitrogens is 2. The zero-order chi connectivity index (χ0) is 22.7. The first-order valence-electron chi connectivity index (χ1n) is 10.7. The molecule has 0 unspecified atom stereocenters. The lowest BCUT2D eigenvalue weighted by Crippen LogP contribution is -2.15. The molecular formula is C25H26N4O2S. The second-order valence-electron chi connectivity index (χ2n) is 7.75. The summed E-state index contributed by atoms with van der Waals surface area (Å²) >= 11 is 1.32. The van der Waals surface area contributed by atoms with E-state index in [2.05, 4.69) is 34.7 Å². The molecule has 4 rings (SSSR count). The Morgan fingerprint density at radius 3 is 2.34 bits per heavy atom. The minimum absolute atomic E-state index is 0.149. The second kappa shape index (κ2) is 9.36. The molecule has 0 saturated carbocycles. The third kappa shape index (κ3) is 4.57. The Labute approximate surface area is 191 Å². The van der Waals surface area contributed by atoms with Crippen LogP contribution in [0.1, 0.15) is 45.8 Å². The number of hydrogen-bond donors (Lipinski definition) is 3. The van der Waals surface area contributed by atoms with Gasteiger partial charge in [0.1, 0.15) is 4.83 Å². The topological polar surface area (TPSA) is 86.9 Å². The Kier molecular flexibility index (Phi) is 6.37. The first kappa shape index (κ1) is 21.8. The maximum atomic E-state index is 13.0. The van der Waals surface area contributed by atoms with Crippen LogP contribution >= 0.6 is 11.3 Å². The van der Waals surface area contributed by atoms with Crippen LogP contribution in [-0.2, 0) is 24.1 Å². The van der Waals surface area contributed by atoms with E-state index < -0.39 is 0 Å². The molecule has 2 heterocycles. The Morgan fingerprint density at radius 2 is 1.69 bits per heavy atom.